The molecule has 0 amide bonds. The summed E-state index contributed by atoms with van der Waals surface area (Å²) >= 11 is 0. The average molecular weight is 266 g/mol. The molecule has 0 aromatic heterocycles. The van der Waals surface area contributed by atoms with Crippen LogP contribution in [0.5, 0.6) is 5.75 Å². The molecule has 3 nitrogen and oxygen atoms in total. The Kier molecular flexibility index (Phi) is 4.42. The Morgan fingerprint density at radius 2 is 2.11 bits per heavy atom. The van der Waals surface area contributed by atoms with Gasteiger partial charge in [-0.05, 0) is 51.9 Å². The second-order valence-electron chi connectivity index (χ2n) is 5.58. The lowest BCUT2D eigenvalue weighted by atomic mass is 10.1. The first-order valence-corrected chi connectivity index (χ1v) is 6.92. The second kappa shape index (κ2) is 5.88. The molecule has 2 rings (SSSR count). The van der Waals surface area contributed by atoms with Crippen molar-refractivity contribution in [3.05, 3.63) is 29.6 Å². The minimum atomic E-state index is -0.315. The summed E-state index contributed by atoms with van der Waals surface area (Å²) in [6.07, 6.45) is 2.59. The van der Waals surface area contributed by atoms with E-state index < -0.39 is 0 Å². The third-order valence-electron chi connectivity index (χ3n) is 3.99. The summed E-state index contributed by atoms with van der Waals surface area (Å²) in [6, 6.07) is 5.17. The zero-order chi connectivity index (χ0) is 14.0. The molecule has 0 saturated heterocycles. The summed E-state index contributed by atoms with van der Waals surface area (Å²) < 4.78 is 13.2. The lowest BCUT2D eigenvalue weighted by Crippen LogP contribution is -2.39. The summed E-state index contributed by atoms with van der Waals surface area (Å²) in [7, 11) is 2.15. The molecule has 1 saturated carbocycles. The highest BCUT2D eigenvalue weighted by Crippen LogP contribution is 2.27. The van der Waals surface area contributed by atoms with E-state index >= 15 is 0 Å². The van der Waals surface area contributed by atoms with Crippen LogP contribution in [0, 0.1) is 5.82 Å². The molecule has 4 heteroatoms. The van der Waals surface area contributed by atoms with Crippen LogP contribution in [0.4, 0.5) is 4.39 Å². The number of nitrogens with one attached hydrogen (secondary N) is 1. The average Bonchev–Trinajstić information content (AvgIpc) is 3.21. The van der Waals surface area contributed by atoms with Gasteiger partial charge in [0.2, 0.25) is 0 Å². The van der Waals surface area contributed by atoms with Crippen molar-refractivity contribution in [2.45, 2.75) is 44.8 Å². The Morgan fingerprint density at radius 1 is 1.42 bits per heavy atom. The summed E-state index contributed by atoms with van der Waals surface area (Å²) in [5.74, 6) is -0.172. The maximum absolute atomic E-state index is 13.2. The Morgan fingerprint density at radius 3 is 2.74 bits per heavy atom. The van der Waals surface area contributed by atoms with E-state index in [1.165, 1.54) is 31.0 Å². The zero-order valence-corrected chi connectivity index (χ0v) is 11.9. The van der Waals surface area contributed by atoms with E-state index in [-0.39, 0.29) is 17.6 Å². The summed E-state index contributed by atoms with van der Waals surface area (Å²) in [5.41, 5.74) is 0.612. The fourth-order valence-corrected chi connectivity index (χ4v) is 2.32. The predicted octanol–water partition coefficient (Wildman–Crippen LogP) is 2.66. The molecule has 0 aliphatic heterocycles. The highest BCUT2D eigenvalue weighted by molar-refractivity contribution is 5.34. The molecular formula is C15H23FN2O. The molecule has 2 atom stereocenters. The molecule has 0 spiro atoms. The summed E-state index contributed by atoms with van der Waals surface area (Å²) in [4.78, 5) is 2.38. The van der Waals surface area contributed by atoms with Gasteiger partial charge >= 0.3 is 0 Å². The van der Waals surface area contributed by atoms with Crippen LogP contribution >= 0.6 is 0 Å². The van der Waals surface area contributed by atoms with Crippen molar-refractivity contribution in [2.75, 3.05) is 13.6 Å². The third kappa shape index (κ3) is 3.67. The Balaban J connectivity index is 1.89. The van der Waals surface area contributed by atoms with Crippen LogP contribution in [-0.4, -0.2) is 35.7 Å². The van der Waals surface area contributed by atoms with Gasteiger partial charge in [0.1, 0.15) is 11.6 Å². The number of halogens is 1. The van der Waals surface area contributed by atoms with Crippen molar-refractivity contribution < 1.29 is 9.50 Å². The van der Waals surface area contributed by atoms with Crippen molar-refractivity contribution >= 4 is 0 Å². The standard InChI is InChI=1S/C15H23FN2O/c1-10(18(3)13-5-6-13)9-17-11(2)14-8-12(16)4-7-15(14)19/h4,7-8,10-11,13,17,19H,5-6,9H2,1-3H3. The number of hydrogen-bond donors (Lipinski definition) is 2. The number of aromatic hydroxyl groups is 1. The van der Waals surface area contributed by atoms with Crippen LogP contribution < -0.4 is 5.32 Å². The largest absolute Gasteiger partial charge is 0.508 e. The van der Waals surface area contributed by atoms with Crippen molar-refractivity contribution in [2.24, 2.45) is 0 Å². The molecule has 0 bridgehead atoms. The molecule has 106 valence electrons. The summed E-state index contributed by atoms with van der Waals surface area (Å²) in [6.45, 7) is 4.95. The van der Waals surface area contributed by atoms with Gasteiger partial charge in [-0.15, -0.1) is 0 Å². The van der Waals surface area contributed by atoms with Crippen LogP contribution in [0.25, 0.3) is 0 Å². The number of rotatable bonds is 6. The van der Waals surface area contributed by atoms with Gasteiger partial charge in [0.25, 0.3) is 0 Å². The van der Waals surface area contributed by atoms with E-state index in [0.717, 1.165) is 12.6 Å². The smallest absolute Gasteiger partial charge is 0.123 e. The quantitative estimate of drug-likeness (QED) is 0.831. The van der Waals surface area contributed by atoms with Gasteiger partial charge in [-0.1, -0.05) is 0 Å². The van der Waals surface area contributed by atoms with Gasteiger partial charge in [-0.25, -0.2) is 4.39 Å². The fourth-order valence-electron chi connectivity index (χ4n) is 2.32. The van der Waals surface area contributed by atoms with Crippen molar-refractivity contribution in [3.63, 3.8) is 0 Å². The highest BCUT2D eigenvalue weighted by Gasteiger charge is 2.29. The number of benzene rings is 1. The molecule has 2 N–H and O–H groups in total. The van der Waals surface area contributed by atoms with Crippen LogP contribution in [0.3, 0.4) is 0 Å². The lowest BCUT2D eigenvalue weighted by molar-refractivity contribution is 0.236. The number of phenolic OH excluding ortho intramolecular Hbond substituents is 1. The van der Waals surface area contributed by atoms with E-state index in [4.69, 9.17) is 0 Å². The minimum Gasteiger partial charge on any atom is -0.508 e. The first-order valence-electron chi connectivity index (χ1n) is 6.92. The van der Waals surface area contributed by atoms with E-state index in [2.05, 4.69) is 24.2 Å². The van der Waals surface area contributed by atoms with Crippen molar-refractivity contribution in [1.82, 2.24) is 10.2 Å². The Labute approximate surface area is 114 Å². The van der Waals surface area contributed by atoms with E-state index in [9.17, 15) is 9.50 Å². The Bertz CT molecular complexity index is 434. The molecule has 1 aliphatic rings. The van der Waals surface area contributed by atoms with E-state index in [1.807, 2.05) is 6.92 Å². The normalized spacial score (nSPS) is 18.6. The molecule has 1 aromatic rings. The number of nitrogens with zero attached hydrogens (tertiary/aromatic N) is 1. The molecule has 0 radical (unpaired) electrons. The zero-order valence-electron chi connectivity index (χ0n) is 11.9. The van der Waals surface area contributed by atoms with Crippen LogP contribution in [-0.2, 0) is 0 Å². The number of hydrogen-bond acceptors (Lipinski definition) is 3. The second-order valence-corrected chi connectivity index (χ2v) is 5.58. The first kappa shape index (κ1) is 14.3. The number of phenols is 1. The summed E-state index contributed by atoms with van der Waals surface area (Å²) in [5, 5.41) is 13.1. The van der Waals surface area contributed by atoms with Gasteiger partial charge in [-0.2, -0.15) is 0 Å². The van der Waals surface area contributed by atoms with Gasteiger partial charge in [0.15, 0.2) is 0 Å². The molecule has 1 fully saturated rings. The monoisotopic (exact) mass is 266 g/mol. The van der Waals surface area contributed by atoms with Crippen molar-refractivity contribution in [3.8, 4) is 5.75 Å². The molecule has 1 aromatic carbocycles. The van der Waals surface area contributed by atoms with Crippen LogP contribution in [0.2, 0.25) is 0 Å². The van der Waals surface area contributed by atoms with Crippen LogP contribution in [0.1, 0.15) is 38.3 Å². The SMILES string of the molecule is CC(NCC(C)N(C)C1CC1)c1cc(F)ccc1O. The molecule has 0 heterocycles. The van der Waals surface area contributed by atoms with E-state index in [1.54, 1.807) is 0 Å². The van der Waals surface area contributed by atoms with Gasteiger partial charge in [0, 0.05) is 30.2 Å². The highest BCUT2D eigenvalue weighted by atomic mass is 19.1. The molecule has 2 unspecified atom stereocenters. The minimum absolute atomic E-state index is 0.0641. The topological polar surface area (TPSA) is 35.5 Å². The molecule has 1 aliphatic carbocycles. The van der Waals surface area contributed by atoms with Crippen molar-refractivity contribution in [1.29, 1.82) is 0 Å². The maximum atomic E-state index is 13.2. The van der Waals surface area contributed by atoms with E-state index in [0.29, 0.717) is 11.6 Å². The third-order valence-corrected chi connectivity index (χ3v) is 3.99. The van der Waals surface area contributed by atoms with Gasteiger partial charge in [0.05, 0.1) is 0 Å². The predicted molar refractivity (Wildman–Crippen MR) is 74.7 cm³/mol. The van der Waals surface area contributed by atoms with Gasteiger partial charge in [-0.3, -0.25) is 4.90 Å². The molecular weight excluding hydrogens is 243 g/mol. The Hall–Kier alpha value is -1.13. The van der Waals surface area contributed by atoms with Crippen LogP contribution in [0.15, 0.2) is 18.2 Å². The first-order chi connectivity index (χ1) is 8.99. The number of likely N-dealkylation sites (N-methyl/N-ethyl adjacent to an activating group) is 1. The van der Waals surface area contributed by atoms with Gasteiger partial charge < -0.3 is 10.4 Å². The fraction of sp³-hybridized carbons (Fsp3) is 0.600. The lowest BCUT2D eigenvalue weighted by Gasteiger charge is -2.26. The maximum Gasteiger partial charge on any atom is 0.123 e. The molecule has 19 heavy (non-hydrogen) atoms.